The topological polar surface area (TPSA) is 118 Å². The van der Waals surface area contributed by atoms with Crippen LogP contribution in [0, 0.1) is 0 Å². The number of rotatable bonds is 0. The molecule has 0 fully saturated rings. The van der Waals surface area contributed by atoms with Gasteiger partial charge in [0.25, 0.3) is 0 Å². The average molecular weight is 358 g/mol. The molecule has 5 aromatic rings. The zero-order valence-electron chi connectivity index (χ0n) is 14.0. The Kier molecular flexibility index (Phi) is 3.11. The van der Waals surface area contributed by atoms with Gasteiger partial charge < -0.3 is 25.0 Å². The second kappa shape index (κ2) is 5.50. The van der Waals surface area contributed by atoms with Crippen molar-refractivity contribution >= 4 is 44.1 Å². The third kappa shape index (κ3) is 2.44. The van der Waals surface area contributed by atoms with E-state index in [1.54, 1.807) is 42.5 Å². The molecule has 0 unspecified atom stereocenters. The van der Waals surface area contributed by atoms with Crippen molar-refractivity contribution in [3.63, 3.8) is 0 Å². The SMILES string of the molecule is O=c1c2ccc(cc3ccc([nH]3)c(O)c3ccc([nH]3)c(=O)c3ccc1[nH]3)[nH]2. The Hall–Kier alpha value is -4.00. The van der Waals surface area contributed by atoms with Crippen LogP contribution < -0.4 is 10.9 Å². The van der Waals surface area contributed by atoms with Gasteiger partial charge in [0.2, 0.25) is 10.9 Å². The van der Waals surface area contributed by atoms with E-state index in [9.17, 15) is 14.7 Å². The summed E-state index contributed by atoms with van der Waals surface area (Å²) in [4.78, 5) is 37.3. The van der Waals surface area contributed by atoms with E-state index >= 15 is 0 Å². The van der Waals surface area contributed by atoms with Gasteiger partial charge in [-0.25, -0.2) is 0 Å². The van der Waals surface area contributed by atoms with Gasteiger partial charge in [-0.2, -0.15) is 0 Å². The minimum atomic E-state index is -0.298. The fourth-order valence-electron chi connectivity index (χ4n) is 3.19. The zero-order valence-corrected chi connectivity index (χ0v) is 14.0. The summed E-state index contributed by atoms with van der Waals surface area (Å²) in [6.45, 7) is 0. The molecule has 5 rings (SSSR count). The van der Waals surface area contributed by atoms with Crippen molar-refractivity contribution in [3.8, 4) is 5.75 Å². The number of hydrogen-bond acceptors (Lipinski definition) is 3. The van der Waals surface area contributed by atoms with Crippen molar-refractivity contribution in [1.29, 1.82) is 0 Å². The Bertz CT molecular complexity index is 1530. The van der Waals surface area contributed by atoms with Gasteiger partial charge in [0, 0.05) is 11.0 Å². The lowest BCUT2D eigenvalue weighted by molar-refractivity contribution is 0.485. The fourth-order valence-corrected chi connectivity index (χ4v) is 3.19. The van der Waals surface area contributed by atoms with E-state index in [2.05, 4.69) is 19.9 Å². The first-order chi connectivity index (χ1) is 13.1. The molecule has 0 saturated heterocycles. The summed E-state index contributed by atoms with van der Waals surface area (Å²) < 4.78 is 0. The van der Waals surface area contributed by atoms with Crippen LogP contribution >= 0.6 is 0 Å². The van der Waals surface area contributed by atoms with Gasteiger partial charge in [0.1, 0.15) is 0 Å². The molecule has 0 aliphatic rings. The predicted octanol–water partition coefficient (Wildman–Crippen LogP) is 3.16. The lowest BCUT2D eigenvalue weighted by Crippen LogP contribution is -2.01. The zero-order chi connectivity index (χ0) is 18.5. The molecule has 5 heterocycles. The van der Waals surface area contributed by atoms with Gasteiger partial charge in [0.05, 0.1) is 33.1 Å². The van der Waals surface area contributed by atoms with Gasteiger partial charge in [-0.1, -0.05) is 0 Å². The lowest BCUT2D eigenvalue weighted by Gasteiger charge is -1.90. The summed E-state index contributed by atoms with van der Waals surface area (Å²) >= 11 is 0. The number of hydrogen-bond donors (Lipinski definition) is 5. The monoisotopic (exact) mass is 358 g/mol. The Morgan fingerprint density at radius 3 is 1.52 bits per heavy atom. The van der Waals surface area contributed by atoms with Crippen LogP contribution in [0.25, 0.3) is 44.1 Å². The summed E-state index contributed by atoms with van der Waals surface area (Å²) in [6.07, 6.45) is 0. The molecule has 27 heavy (non-hydrogen) atoms. The highest BCUT2D eigenvalue weighted by Crippen LogP contribution is 2.22. The van der Waals surface area contributed by atoms with E-state index in [4.69, 9.17) is 0 Å². The first-order valence-corrected chi connectivity index (χ1v) is 8.35. The number of aromatic nitrogens is 4. The van der Waals surface area contributed by atoms with Crippen molar-refractivity contribution < 1.29 is 5.11 Å². The van der Waals surface area contributed by atoms with Crippen LogP contribution in [0.15, 0.2) is 64.2 Å². The second-order valence-electron chi connectivity index (χ2n) is 6.38. The van der Waals surface area contributed by atoms with Crippen molar-refractivity contribution in [3.05, 3.63) is 75.0 Å². The van der Waals surface area contributed by atoms with Gasteiger partial charge >= 0.3 is 0 Å². The molecule has 5 aromatic heterocycles. The number of H-pyrrole nitrogens is 4. The summed E-state index contributed by atoms with van der Waals surface area (Å²) in [6, 6.07) is 15.3. The van der Waals surface area contributed by atoms with E-state index in [0.717, 1.165) is 11.0 Å². The predicted molar refractivity (Wildman–Crippen MR) is 106 cm³/mol. The summed E-state index contributed by atoms with van der Waals surface area (Å²) in [5, 5.41) is 10.5. The molecule has 0 saturated carbocycles. The van der Waals surface area contributed by atoms with E-state index in [1.807, 2.05) is 12.1 Å². The van der Waals surface area contributed by atoms with Crippen LogP contribution in [0.3, 0.4) is 0 Å². The van der Waals surface area contributed by atoms with Gasteiger partial charge in [-0.05, 0) is 54.6 Å². The number of nitrogens with one attached hydrogen (secondary N) is 4. The summed E-state index contributed by atoms with van der Waals surface area (Å²) in [5.74, 6) is 0.00956. The van der Waals surface area contributed by atoms with Crippen LogP contribution in [0.5, 0.6) is 5.75 Å². The van der Waals surface area contributed by atoms with Crippen LogP contribution in [-0.4, -0.2) is 25.0 Å². The van der Waals surface area contributed by atoms with Crippen molar-refractivity contribution in [2.45, 2.75) is 0 Å². The Morgan fingerprint density at radius 1 is 0.519 bits per heavy atom. The molecule has 0 aromatic carbocycles. The molecule has 5 N–H and O–H groups in total. The minimum Gasteiger partial charge on any atom is -0.504 e. The van der Waals surface area contributed by atoms with Crippen LogP contribution in [0.1, 0.15) is 0 Å². The Balaban J connectivity index is 2.02. The normalized spacial score (nSPS) is 11.4. The molecule has 0 aliphatic carbocycles. The lowest BCUT2D eigenvalue weighted by atomic mass is 10.4. The summed E-state index contributed by atoms with van der Waals surface area (Å²) in [7, 11) is 0. The van der Waals surface area contributed by atoms with Crippen molar-refractivity contribution in [2.75, 3.05) is 0 Å². The van der Waals surface area contributed by atoms with E-state index < -0.39 is 0 Å². The highest BCUT2D eigenvalue weighted by molar-refractivity contribution is 5.80. The molecule has 0 radical (unpaired) electrons. The number of fused-ring (bicyclic) bond motifs is 8. The van der Waals surface area contributed by atoms with E-state index in [-0.39, 0.29) is 16.6 Å². The number of aromatic amines is 4. The Morgan fingerprint density at radius 2 is 0.889 bits per heavy atom. The maximum atomic E-state index is 12.7. The van der Waals surface area contributed by atoms with Crippen molar-refractivity contribution in [1.82, 2.24) is 19.9 Å². The first-order valence-electron chi connectivity index (χ1n) is 8.35. The minimum absolute atomic E-state index is 0.00956. The summed E-state index contributed by atoms with van der Waals surface area (Å²) in [5.41, 5.74) is 3.24. The molecule has 0 aliphatic heterocycles. The number of aromatic hydroxyl groups is 1. The van der Waals surface area contributed by atoms with Crippen LogP contribution in [0.2, 0.25) is 0 Å². The molecule has 0 atom stereocenters. The first kappa shape index (κ1) is 15.3. The largest absolute Gasteiger partial charge is 0.504 e. The van der Waals surface area contributed by atoms with Crippen LogP contribution in [0.4, 0.5) is 0 Å². The molecule has 8 bridgehead atoms. The maximum absolute atomic E-state index is 12.7. The molecule has 132 valence electrons. The highest BCUT2D eigenvalue weighted by atomic mass is 16.3. The third-order valence-corrected chi connectivity index (χ3v) is 4.59. The standard InChI is InChI=1S/C20H14N4O3/c25-18-12-3-1-10(21-12)9-11-2-4-13(22-11)19(26)15-6-8-17(24-15)20(27)16-7-5-14(18)23-16/h1-9,21-25H. The van der Waals surface area contributed by atoms with E-state index in [1.165, 1.54) is 0 Å². The Labute approximate surface area is 150 Å². The van der Waals surface area contributed by atoms with Crippen LogP contribution in [-0.2, 0) is 0 Å². The third-order valence-electron chi connectivity index (χ3n) is 4.59. The van der Waals surface area contributed by atoms with E-state index in [0.29, 0.717) is 33.1 Å². The molecular weight excluding hydrogens is 344 g/mol. The maximum Gasteiger partial charge on any atom is 0.225 e. The quantitative estimate of drug-likeness (QED) is 0.293. The molecular formula is C20H14N4O3. The van der Waals surface area contributed by atoms with Gasteiger partial charge in [-0.3, -0.25) is 9.59 Å². The van der Waals surface area contributed by atoms with Gasteiger partial charge in [-0.15, -0.1) is 0 Å². The smallest absolute Gasteiger partial charge is 0.225 e. The average Bonchev–Trinajstić information content (AvgIpc) is 3.46. The highest BCUT2D eigenvalue weighted by Gasteiger charge is 2.04. The van der Waals surface area contributed by atoms with Gasteiger partial charge in [0.15, 0.2) is 5.75 Å². The molecule has 0 amide bonds. The molecule has 7 heteroatoms. The molecule has 0 spiro atoms. The van der Waals surface area contributed by atoms with Crippen molar-refractivity contribution in [2.24, 2.45) is 0 Å². The molecule has 7 nitrogen and oxygen atoms in total. The second-order valence-corrected chi connectivity index (χ2v) is 6.38. The fraction of sp³-hybridized carbons (Fsp3) is 0.